The minimum Gasteiger partial charge on any atom is -0.328 e. The Morgan fingerprint density at radius 3 is 2.54 bits per heavy atom. The lowest BCUT2D eigenvalue weighted by atomic mass is 10.1. The van der Waals surface area contributed by atoms with Crippen molar-refractivity contribution in [2.45, 2.75) is 38.5 Å². The molecule has 8 heteroatoms. The molecule has 1 unspecified atom stereocenters. The molecule has 2 aromatic heterocycles. The summed E-state index contributed by atoms with van der Waals surface area (Å²) >= 11 is 0. The van der Waals surface area contributed by atoms with E-state index < -0.39 is 11.7 Å². The first-order valence-electron chi connectivity index (χ1n) is 8.68. The van der Waals surface area contributed by atoms with E-state index in [0.29, 0.717) is 23.2 Å². The summed E-state index contributed by atoms with van der Waals surface area (Å²) in [5.74, 6) is 0. The van der Waals surface area contributed by atoms with Crippen molar-refractivity contribution in [2.75, 3.05) is 0 Å². The van der Waals surface area contributed by atoms with E-state index in [-0.39, 0.29) is 24.0 Å². The van der Waals surface area contributed by atoms with Crippen LogP contribution in [0.2, 0.25) is 0 Å². The van der Waals surface area contributed by atoms with Gasteiger partial charge in [-0.3, -0.25) is 9.78 Å². The number of halogens is 4. The topological polar surface area (TPSA) is 60.9 Å². The highest BCUT2D eigenvalue weighted by atomic mass is 35.5. The van der Waals surface area contributed by atoms with Crippen molar-refractivity contribution < 1.29 is 13.2 Å². The molecule has 0 saturated heterocycles. The van der Waals surface area contributed by atoms with Crippen LogP contribution < -0.4 is 11.3 Å². The van der Waals surface area contributed by atoms with Gasteiger partial charge in [0.1, 0.15) is 0 Å². The number of hydrogen-bond donors (Lipinski definition) is 1. The fourth-order valence-electron chi connectivity index (χ4n) is 2.94. The highest BCUT2D eigenvalue weighted by Crippen LogP contribution is 2.30. The van der Waals surface area contributed by atoms with E-state index in [4.69, 9.17) is 5.73 Å². The standard InChI is InChI=1S/C20H20F3N3O.ClH/c1-13(24)3-2-9-26-10-8-14-11-15(4-6-17(14)19(26)27)18-7-5-16(12-25-18)20(21,22)23;/h4-8,10-13H,2-3,9,24H2,1H3;1H. The third-order valence-corrected chi connectivity index (χ3v) is 4.42. The Balaban J connectivity index is 0.00000280. The van der Waals surface area contributed by atoms with Crippen LogP contribution in [-0.2, 0) is 12.7 Å². The maximum Gasteiger partial charge on any atom is 0.417 e. The number of nitrogens with zero attached hydrogens (tertiary/aromatic N) is 2. The normalized spacial score (nSPS) is 12.6. The molecule has 0 saturated carbocycles. The van der Waals surface area contributed by atoms with E-state index in [9.17, 15) is 18.0 Å². The van der Waals surface area contributed by atoms with Crippen LogP contribution in [0.1, 0.15) is 25.3 Å². The van der Waals surface area contributed by atoms with Crippen LogP contribution in [0, 0.1) is 0 Å². The minimum atomic E-state index is -4.41. The third-order valence-electron chi connectivity index (χ3n) is 4.42. The van der Waals surface area contributed by atoms with E-state index in [1.807, 2.05) is 13.0 Å². The van der Waals surface area contributed by atoms with Gasteiger partial charge in [0.15, 0.2) is 0 Å². The van der Waals surface area contributed by atoms with Crippen LogP contribution in [0.15, 0.2) is 53.6 Å². The summed E-state index contributed by atoms with van der Waals surface area (Å²) in [6.07, 6.45) is -0.215. The lowest BCUT2D eigenvalue weighted by Gasteiger charge is -2.10. The molecule has 0 aliphatic carbocycles. The number of hydrogen-bond acceptors (Lipinski definition) is 3. The molecule has 1 aromatic carbocycles. The molecule has 3 aromatic rings. The number of aromatic nitrogens is 2. The van der Waals surface area contributed by atoms with E-state index in [0.717, 1.165) is 30.5 Å². The Morgan fingerprint density at radius 1 is 1.18 bits per heavy atom. The maximum absolute atomic E-state index is 12.7. The van der Waals surface area contributed by atoms with Crippen molar-refractivity contribution in [2.24, 2.45) is 5.73 Å². The average molecular weight is 412 g/mol. The Labute approximate surface area is 166 Å². The molecule has 0 amide bonds. The molecule has 0 aliphatic heterocycles. The van der Waals surface area contributed by atoms with Gasteiger partial charge < -0.3 is 10.3 Å². The van der Waals surface area contributed by atoms with Crippen LogP contribution in [-0.4, -0.2) is 15.6 Å². The summed E-state index contributed by atoms with van der Waals surface area (Å²) in [4.78, 5) is 16.5. The summed E-state index contributed by atoms with van der Waals surface area (Å²) in [6, 6.07) is 9.41. The molecule has 3 rings (SSSR count). The Hall–Kier alpha value is -2.38. The fourth-order valence-corrected chi connectivity index (χ4v) is 2.94. The van der Waals surface area contributed by atoms with Crippen LogP contribution in [0.5, 0.6) is 0 Å². The Bertz CT molecular complexity index is 998. The quantitative estimate of drug-likeness (QED) is 0.665. The monoisotopic (exact) mass is 411 g/mol. The zero-order valence-electron chi connectivity index (χ0n) is 15.2. The summed E-state index contributed by atoms with van der Waals surface area (Å²) in [6.45, 7) is 2.53. The Morgan fingerprint density at radius 2 is 1.93 bits per heavy atom. The second kappa shape index (κ2) is 8.75. The lowest BCUT2D eigenvalue weighted by Crippen LogP contribution is -2.21. The molecule has 0 spiro atoms. The van der Waals surface area contributed by atoms with E-state index >= 15 is 0 Å². The Kier molecular flexibility index (Phi) is 6.85. The van der Waals surface area contributed by atoms with Gasteiger partial charge in [0.2, 0.25) is 0 Å². The molecule has 150 valence electrons. The highest BCUT2D eigenvalue weighted by Gasteiger charge is 2.30. The van der Waals surface area contributed by atoms with Crippen molar-refractivity contribution in [3.63, 3.8) is 0 Å². The van der Waals surface area contributed by atoms with Crippen LogP contribution in [0.25, 0.3) is 22.0 Å². The number of fused-ring (bicyclic) bond motifs is 1. The molecule has 0 aliphatic rings. The van der Waals surface area contributed by atoms with Crippen LogP contribution >= 0.6 is 12.4 Å². The van der Waals surface area contributed by atoms with Gasteiger partial charge in [-0.15, -0.1) is 12.4 Å². The van der Waals surface area contributed by atoms with E-state index in [1.165, 1.54) is 6.07 Å². The van der Waals surface area contributed by atoms with Gasteiger partial charge >= 0.3 is 6.18 Å². The van der Waals surface area contributed by atoms with Crippen LogP contribution in [0.4, 0.5) is 13.2 Å². The van der Waals surface area contributed by atoms with Gasteiger partial charge in [-0.05, 0) is 55.5 Å². The first-order chi connectivity index (χ1) is 12.8. The second-order valence-electron chi connectivity index (χ2n) is 6.67. The number of nitrogens with two attached hydrogens (primary N) is 1. The largest absolute Gasteiger partial charge is 0.417 e. The summed E-state index contributed by atoms with van der Waals surface area (Å²) in [5, 5.41) is 1.29. The van der Waals surface area contributed by atoms with Gasteiger partial charge in [-0.1, -0.05) is 6.07 Å². The van der Waals surface area contributed by atoms with E-state index in [1.54, 1.807) is 29.0 Å². The molecular weight excluding hydrogens is 391 g/mol. The zero-order chi connectivity index (χ0) is 19.6. The molecular formula is C20H21ClF3N3O. The SMILES string of the molecule is CC(N)CCCn1ccc2cc(-c3ccc(C(F)(F)F)cn3)ccc2c1=O.Cl. The van der Waals surface area contributed by atoms with Gasteiger partial charge in [0.25, 0.3) is 5.56 Å². The highest BCUT2D eigenvalue weighted by molar-refractivity contribution is 5.86. The van der Waals surface area contributed by atoms with Crippen molar-refractivity contribution in [1.29, 1.82) is 0 Å². The van der Waals surface area contributed by atoms with Crippen molar-refractivity contribution >= 4 is 23.2 Å². The van der Waals surface area contributed by atoms with Gasteiger partial charge in [0.05, 0.1) is 11.3 Å². The second-order valence-corrected chi connectivity index (χ2v) is 6.67. The van der Waals surface area contributed by atoms with Gasteiger partial charge in [0, 0.05) is 35.9 Å². The van der Waals surface area contributed by atoms with Gasteiger partial charge in [-0.2, -0.15) is 13.2 Å². The molecule has 1 atom stereocenters. The summed E-state index contributed by atoms with van der Waals surface area (Å²) in [7, 11) is 0. The summed E-state index contributed by atoms with van der Waals surface area (Å²) < 4.78 is 39.6. The molecule has 28 heavy (non-hydrogen) atoms. The summed E-state index contributed by atoms with van der Waals surface area (Å²) in [5.41, 5.74) is 5.93. The number of alkyl halides is 3. The van der Waals surface area contributed by atoms with E-state index in [2.05, 4.69) is 4.98 Å². The van der Waals surface area contributed by atoms with Gasteiger partial charge in [-0.25, -0.2) is 0 Å². The number of benzene rings is 1. The molecule has 0 fully saturated rings. The van der Waals surface area contributed by atoms with Crippen molar-refractivity contribution in [1.82, 2.24) is 9.55 Å². The number of pyridine rings is 2. The smallest absolute Gasteiger partial charge is 0.328 e. The molecule has 2 N–H and O–H groups in total. The minimum absolute atomic E-state index is 0. The zero-order valence-corrected chi connectivity index (χ0v) is 16.1. The fraction of sp³-hybridized carbons (Fsp3) is 0.300. The van der Waals surface area contributed by atoms with Crippen molar-refractivity contribution in [3.8, 4) is 11.3 Å². The third kappa shape index (κ3) is 4.91. The predicted molar refractivity (Wildman–Crippen MR) is 107 cm³/mol. The lowest BCUT2D eigenvalue weighted by molar-refractivity contribution is -0.137. The maximum atomic E-state index is 12.7. The molecule has 4 nitrogen and oxygen atoms in total. The number of aryl methyl sites for hydroxylation is 1. The van der Waals surface area contributed by atoms with Crippen LogP contribution in [0.3, 0.4) is 0 Å². The molecule has 0 radical (unpaired) electrons. The first-order valence-corrected chi connectivity index (χ1v) is 8.68. The average Bonchev–Trinajstić information content (AvgIpc) is 2.62. The first kappa shape index (κ1) is 21.9. The predicted octanol–water partition coefficient (Wildman–Crippen LogP) is 4.63. The number of rotatable bonds is 5. The molecule has 0 bridgehead atoms. The molecule has 2 heterocycles. The van der Waals surface area contributed by atoms with Crippen molar-refractivity contribution in [3.05, 3.63) is 64.7 Å².